The van der Waals surface area contributed by atoms with E-state index in [0.717, 1.165) is 0 Å². The van der Waals surface area contributed by atoms with Crippen molar-refractivity contribution in [3.63, 3.8) is 0 Å². The number of hydrazone groups is 1. The number of phenolic OH excluding ortho intramolecular Hbond substituents is 1. The van der Waals surface area contributed by atoms with Crippen LogP contribution < -0.4 is 10.7 Å². The molecule has 6 nitrogen and oxygen atoms in total. The van der Waals surface area contributed by atoms with Gasteiger partial charge in [0.1, 0.15) is 5.75 Å². The fraction of sp³-hybridized carbons (Fsp3) is 0. The van der Waals surface area contributed by atoms with Crippen molar-refractivity contribution in [2.75, 3.05) is 5.32 Å². The van der Waals surface area contributed by atoms with E-state index in [2.05, 4.69) is 47.7 Å². The summed E-state index contributed by atoms with van der Waals surface area (Å²) in [6.45, 7) is 0. The number of nitrogens with one attached hydrogen (secondary N) is 2. The van der Waals surface area contributed by atoms with Gasteiger partial charge in [-0.1, -0.05) is 12.1 Å². The van der Waals surface area contributed by atoms with Crippen LogP contribution in [0.25, 0.3) is 0 Å². The smallest absolute Gasteiger partial charge is 0.271 e. The summed E-state index contributed by atoms with van der Waals surface area (Å²) in [6.07, 6.45) is 1.47. The van der Waals surface area contributed by atoms with Crippen molar-refractivity contribution >= 4 is 55.6 Å². The fourth-order valence-corrected chi connectivity index (χ4v) is 3.24. The van der Waals surface area contributed by atoms with Gasteiger partial charge in [-0.25, -0.2) is 5.43 Å². The molecular formula is C21H15Br2N3O3. The molecule has 0 aliphatic heterocycles. The van der Waals surface area contributed by atoms with Crippen LogP contribution in [0, 0.1) is 0 Å². The zero-order valence-corrected chi connectivity index (χ0v) is 18.1. The Hall–Kier alpha value is -2.97. The lowest BCUT2D eigenvalue weighted by Gasteiger charge is -2.07. The first-order chi connectivity index (χ1) is 13.9. The Bertz CT molecular complexity index is 1080. The highest BCUT2D eigenvalue weighted by atomic mass is 79.9. The van der Waals surface area contributed by atoms with E-state index in [0.29, 0.717) is 31.3 Å². The third-order valence-electron chi connectivity index (χ3n) is 3.87. The van der Waals surface area contributed by atoms with Crippen molar-refractivity contribution in [2.45, 2.75) is 0 Å². The van der Waals surface area contributed by atoms with Gasteiger partial charge in [0.2, 0.25) is 0 Å². The largest absolute Gasteiger partial charge is 0.507 e. The van der Waals surface area contributed by atoms with Crippen LogP contribution in [-0.4, -0.2) is 23.1 Å². The molecule has 0 aromatic heterocycles. The van der Waals surface area contributed by atoms with E-state index in [4.69, 9.17) is 0 Å². The van der Waals surface area contributed by atoms with E-state index in [1.54, 1.807) is 54.6 Å². The number of aromatic hydroxyl groups is 1. The first-order valence-electron chi connectivity index (χ1n) is 8.42. The van der Waals surface area contributed by atoms with E-state index >= 15 is 0 Å². The van der Waals surface area contributed by atoms with Gasteiger partial charge in [-0.15, -0.1) is 0 Å². The second-order valence-electron chi connectivity index (χ2n) is 5.92. The number of benzene rings is 3. The summed E-state index contributed by atoms with van der Waals surface area (Å²) in [5.41, 5.74) is 4.63. The predicted octanol–water partition coefficient (Wildman–Crippen LogP) is 4.93. The predicted molar refractivity (Wildman–Crippen MR) is 119 cm³/mol. The van der Waals surface area contributed by atoms with Gasteiger partial charge in [0.05, 0.1) is 16.3 Å². The third kappa shape index (κ3) is 5.52. The van der Waals surface area contributed by atoms with Gasteiger partial charge >= 0.3 is 0 Å². The molecular weight excluding hydrogens is 502 g/mol. The molecule has 3 aromatic carbocycles. The van der Waals surface area contributed by atoms with Gasteiger partial charge in [0, 0.05) is 15.7 Å². The van der Waals surface area contributed by atoms with Crippen molar-refractivity contribution in [3.8, 4) is 5.75 Å². The van der Waals surface area contributed by atoms with Crippen molar-refractivity contribution in [2.24, 2.45) is 5.10 Å². The standard InChI is InChI=1S/C21H15Br2N3O3/c22-17-4-2-1-3-16(17)21(29)25-15-8-6-14(7-9-15)20(28)26-24-12-13-5-10-19(27)18(23)11-13/h1-12,27H,(H,25,29)(H,26,28)/b24-12-. The zero-order valence-electron chi connectivity index (χ0n) is 14.9. The summed E-state index contributed by atoms with van der Waals surface area (Å²) in [5.74, 6) is -0.514. The van der Waals surface area contributed by atoms with Crippen molar-refractivity contribution in [3.05, 3.63) is 92.4 Å². The fourth-order valence-electron chi connectivity index (χ4n) is 2.38. The molecule has 0 unspecified atom stereocenters. The maximum atomic E-state index is 12.3. The molecule has 3 N–H and O–H groups in total. The number of amides is 2. The zero-order chi connectivity index (χ0) is 20.8. The Morgan fingerprint density at radius 3 is 2.31 bits per heavy atom. The molecule has 2 amide bonds. The van der Waals surface area contributed by atoms with Gasteiger partial charge in [-0.2, -0.15) is 5.10 Å². The number of hydrogen-bond donors (Lipinski definition) is 3. The number of hydrogen-bond acceptors (Lipinski definition) is 4. The average Bonchev–Trinajstić information content (AvgIpc) is 2.71. The van der Waals surface area contributed by atoms with Crippen LogP contribution in [0.1, 0.15) is 26.3 Å². The number of halogens is 2. The third-order valence-corrected chi connectivity index (χ3v) is 5.20. The SMILES string of the molecule is O=C(N/N=C\c1ccc(O)c(Br)c1)c1ccc(NC(=O)c2ccccc2Br)cc1. The van der Waals surface area contributed by atoms with Gasteiger partial charge in [-0.3, -0.25) is 9.59 Å². The molecule has 0 aliphatic rings. The van der Waals surface area contributed by atoms with Crippen LogP contribution in [0.2, 0.25) is 0 Å². The molecule has 0 radical (unpaired) electrons. The lowest BCUT2D eigenvalue weighted by molar-refractivity contribution is 0.0954. The molecule has 0 spiro atoms. The molecule has 146 valence electrons. The van der Waals surface area contributed by atoms with Crippen LogP contribution in [0.5, 0.6) is 5.75 Å². The van der Waals surface area contributed by atoms with Crippen LogP contribution in [-0.2, 0) is 0 Å². The number of rotatable bonds is 5. The Kier molecular flexibility index (Phi) is 6.79. The second-order valence-corrected chi connectivity index (χ2v) is 7.63. The minimum absolute atomic E-state index is 0.123. The minimum Gasteiger partial charge on any atom is -0.507 e. The number of phenols is 1. The molecule has 8 heteroatoms. The topological polar surface area (TPSA) is 90.8 Å². The maximum Gasteiger partial charge on any atom is 0.271 e. The van der Waals surface area contributed by atoms with Crippen molar-refractivity contribution in [1.82, 2.24) is 5.43 Å². The van der Waals surface area contributed by atoms with Crippen LogP contribution in [0.3, 0.4) is 0 Å². The molecule has 0 fully saturated rings. The monoisotopic (exact) mass is 515 g/mol. The normalized spacial score (nSPS) is 10.7. The van der Waals surface area contributed by atoms with Crippen LogP contribution in [0.15, 0.2) is 80.8 Å². The Morgan fingerprint density at radius 2 is 1.62 bits per heavy atom. The summed E-state index contributed by atoms with van der Waals surface area (Å²) in [7, 11) is 0. The Balaban J connectivity index is 1.60. The first-order valence-corrected chi connectivity index (χ1v) is 10.0. The van der Waals surface area contributed by atoms with E-state index in [1.165, 1.54) is 12.3 Å². The molecule has 0 heterocycles. The average molecular weight is 517 g/mol. The molecule has 0 saturated carbocycles. The van der Waals surface area contributed by atoms with Gasteiger partial charge in [0.15, 0.2) is 0 Å². The van der Waals surface area contributed by atoms with Crippen molar-refractivity contribution < 1.29 is 14.7 Å². The van der Waals surface area contributed by atoms with E-state index in [9.17, 15) is 14.7 Å². The molecule has 0 saturated heterocycles. The number of nitrogens with zero attached hydrogens (tertiary/aromatic N) is 1. The Labute approximate surface area is 183 Å². The number of carbonyl (C=O) groups is 2. The second kappa shape index (κ2) is 9.49. The van der Waals surface area contributed by atoms with Gasteiger partial charge in [0.25, 0.3) is 11.8 Å². The van der Waals surface area contributed by atoms with Crippen LogP contribution in [0.4, 0.5) is 5.69 Å². The number of carbonyl (C=O) groups excluding carboxylic acids is 2. The quantitative estimate of drug-likeness (QED) is 0.331. The lowest BCUT2D eigenvalue weighted by Crippen LogP contribution is -2.18. The molecule has 0 atom stereocenters. The van der Waals surface area contributed by atoms with Crippen LogP contribution >= 0.6 is 31.9 Å². The minimum atomic E-state index is -0.386. The molecule has 29 heavy (non-hydrogen) atoms. The molecule has 3 rings (SSSR count). The lowest BCUT2D eigenvalue weighted by atomic mass is 10.1. The summed E-state index contributed by atoms with van der Waals surface area (Å²) >= 11 is 6.56. The maximum absolute atomic E-state index is 12.3. The summed E-state index contributed by atoms with van der Waals surface area (Å²) in [5, 5.41) is 16.2. The van der Waals surface area contributed by atoms with E-state index < -0.39 is 0 Å². The molecule has 0 aliphatic carbocycles. The highest BCUT2D eigenvalue weighted by Gasteiger charge is 2.10. The highest BCUT2D eigenvalue weighted by Crippen LogP contribution is 2.23. The molecule has 3 aromatic rings. The highest BCUT2D eigenvalue weighted by molar-refractivity contribution is 9.10. The van der Waals surface area contributed by atoms with Gasteiger partial charge < -0.3 is 10.4 Å². The van der Waals surface area contributed by atoms with Gasteiger partial charge in [-0.05, 0) is 92.0 Å². The summed E-state index contributed by atoms with van der Waals surface area (Å²) in [6, 6.07) is 18.5. The number of anilines is 1. The molecule has 0 bridgehead atoms. The summed E-state index contributed by atoms with van der Waals surface area (Å²) < 4.78 is 1.24. The Morgan fingerprint density at radius 1 is 0.897 bits per heavy atom. The van der Waals surface area contributed by atoms with Crippen molar-refractivity contribution in [1.29, 1.82) is 0 Å². The first kappa shape index (κ1) is 20.8. The summed E-state index contributed by atoms with van der Waals surface area (Å²) in [4.78, 5) is 24.5. The van der Waals surface area contributed by atoms with E-state index in [-0.39, 0.29) is 17.6 Å². The van der Waals surface area contributed by atoms with E-state index in [1.807, 2.05) is 6.07 Å².